The highest BCUT2D eigenvalue weighted by molar-refractivity contribution is 6.14. The SMILES string of the molecule is C1=CCC(c2nc(C3=CCC(c4ccccc4)C=C3)nc(-c3cccc4oc5ccc(-c6ccc(-c7ccccc7)c7ccccc67)cc5c34)n2)C=C1. The van der Waals surface area contributed by atoms with Crippen LogP contribution in [0.3, 0.4) is 0 Å². The Morgan fingerprint density at radius 2 is 1.26 bits per heavy atom. The maximum Gasteiger partial charge on any atom is 0.164 e. The van der Waals surface area contributed by atoms with Gasteiger partial charge in [-0.3, -0.25) is 0 Å². The fraction of sp³-hybridized carbons (Fsp3) is 0.0816. The molecule has 0 aliphatic heterocycles. The molecule has 2 unspecified atom stereocenters. The van der Waals surface area contributed by atoms with Crippen LogP contribution in [0.2, 0.25) is 0 Å². The van der Waals surface area contributed by atoms with E-state index in [-0.39, 0.29) is 5.92 Å². The quantitative estimate of drug-likeness (QED) is 0.175. The summed E-state index contributed by atoms with van der Waals surface area (Å²) in [6, 6.07) is 47.2. The number of aromatic nitrogens is 3. The van der Waals surface area contributed by atoms with Gasteiger partial charge in [0.25, 0.3) is 0 Å². The number of benzene rings is 6. The molecule has 8 aromatic rings. The van der Waals surface area contributed by atoms with Gasteiger partial charge >= 0.3 is 0 Å². The third-order valence-electron chi connectivity index (χ3n) is 10.6. The fourth-order valence-electron chi connectivity index (χ4n) is 7.91. The first-order chi connectivity index (χ1) is 26.3. The Labute approximate surface area is 308 Å². The molecule has 2 heterocycles. The van der Waals surface area contributed by atoms with Gasteiger partial charge in [-0.25, -0.2) is 15.0 Å². The Kier molecular flexibility index (Phi) is 7.72. The lowest BCUT2D eigenvalue weighted by Crippen LogP contribution is -2.10. The van der Waals surface area contributed by atoms with E-state index in [0.717, 1.165) is 57.3 Å². The van der Waals surface area contributed by atoms with Crippen molar-refractivity contribution in [3.63, 3.8) is 0 Å². The Morgan fingerprint density at radius 3 is 2.02 bits per heavy atom. The van der Waals surface area contributed by atoms with Crippen LogP contribution in [0.25, 0.3) is 71.9 Å². The predicted molar refractivity (Wildman–Crippen MR) is 217 cm³/mol. The molecule has 4 nitrogen and oxygen atoms in total. The maximum absolute atomic E-state index is 6.50. The van der Waals surface area contributed by atoms with Gasteiger partial charge in [-0.05, 0) is 69.6 Å². The van der Waals surface area contributed by atoms with Crippen LogP contribution >= 0.6 is 0 Å². The minimum Gasteiger partial charge on any atom is -0.456 e. The van der Waals surface area contributed by atoms with Crippen molar-refractivity contribution in [3.05, 3.63) is 193 Å². The van der Waals surface area contributed by atoms with Crippen LogP contribution in [0.15, 0.2) is 180 Å². The van der Waals surface area contributed by atoms with E-state index >= 15 is 0 Å². The molecule has 0 bridgehead atoms. The summed E-state index contributed by atoms with van der Waals surface area (Å²) in [5, 5.41) is 4.49. The van der Waals surface area contributed by atoms with Gasteiger partial charge in [0.05, 0.1) is 0 Å². The summed E-state index contributed by atoms with van der Waals surface area (Å²) in [6.07, 6.45) is 17.0. The molecule has 0 saturated heterocycles. The molecule has 2 aliphatic carbocycles. The van der Waals surface area contributed by atoms with Crippen molar-refractivity contribution < 1.29 is 4.42 Å². The third kappa shape index (κ3) is 5.69. The molecule has 0 fully saturated rings. The normalized spacial score (nSPS) is 16.8. The van der Waals surface area contributed by atoms with Crippen molar-refractivity contribution >= 4 is 38.3 Å². The summed E-state index contributed by atoms with van der Waals surface area (Å²) < 4.78 is 6.50. The van der Waals surface area contributed by atoms with E-state index in [1.165, 1.54) is 33.0 Å². The van der Waals surface area contributed by atoms with Crippen LogP contribution in [0, 0.1) is 0 Å². The van der Waals surface area contributed by atoms with Crippen LogP contribution < -0.4 is 0 Å². The molecule has 252 valence electrons. The van der Waals surface area contributed by atoms with Crippen molar-refractivity contribution in [2.24, 2.45) is 0 Å². The van der Waals surface area contributed by atoms with Crippen molar-refractivity contribution in [2.75, 3.05) is 0 Å². The highest BCUT2D eigenvalue weighted by Gasteiger charge is 2.22. The molecular weight excluding hydrogens is 647 g/mol. The van der Waals surface area contributed by atoms with Crippen molar-refractivity contribution in [1.29, 1.82) is 0 Å². The van der Waals surface area contributed by atoms with E-state index in [0.29, 0.717) is 17.6 Å². The maximum atomic E-state index is 6.50. The minimum absolute atomic E-state index is 0.0739. The minimum atomic E-state index is 0.0739. The number of fused-ring (bicyclic) bond motifs is 4. The van der Waals surface area contributed by atoms with Gasteiger partial charge in [0.2, 0.25) is 0 Å². The number of allylic oxidation sites excluding steroid dienone is 8. The van der Waals surface area contributed by atoms with Crippen molar-refractivity contribution in [3.8, 4) is 33.6 Å². The highest BCUT2D eigenvalue weighted by atomic mass is 16.3. The lowest BCUT2D eigenvalue weighted by atomic mass is 9.90. The molecule has 0 radical (unpaired) electrons. The zero-order valence-electron chi connectivity index (χ0n) is 29.1. The van der Waals surface area contributed by atoms with Gasteiger partial charge in [-0.2, -0.15) is 0 Å². The molecule has 53 heavy (non-hydrogen) atoms. The van der Waals surface area contributed by atoms with Crippen LogP contribution in [0.5, 0.6) is 0 Å². The van der Waals surface area contributed by atoms with Gasteiger partial charge in [-0.15, -0.1) is 0 Å². The molecule has 0 spiro atoms. The largest absolute Gasteiger partial charge is 0.456 e. The molecule has 0 amide bonds. The molecule has 4 heteroatoms. The Morgan fingerprint density at radius 1 is 0.509 bits per heavy atom. The number of furan rings is 1. The summed E-state index contributed by atoms with van der Waals surface area (Å²) in [5.41, 5.74) is 9.67. The number of rotatable bonds is 6. The topological polar surface area (TPSA) is 51.8 Å². The van der Waals surface area contributed by atoms with Gasteiger partial charge < -0.3 is 4.42 Å². The Hall–Kier alpha value is -6.65. The van der Waals surface area contributed by atoms with E-state index in [1.54, 1.807) is 0 Å². The van der Waals surface area contributed by atoms with Gasteiger partial charge in [-0.1, -0.05) is 158 Å². The number of hydrogen-bond acceptors (Lipinski definition) is 4. The Bertz CT molecular complexity index is 2790. The monoisotopic (exact) mass is 681 g/mol. The second kappa shape index (κ2) is 13.2. The summed E-state index contributed by atoms with van der Waals surface area (Å²) in [7, 11) is 0. The first kappa shape index (κ1) is 31.1. The van der Waals surface area contributed by atoms with Gasteiger partial charge in [0.15, 0.2) is 11.6 Å². The van der Waals surface area contributed by atoms with Crippen molar-refractivity contribution in [2.45, 2.75) is 24.7 Å². The summed E-state index contributed by atoms with van der Waals surface area (Å²) in [6.45, 7) is 0. The van der Waals surface area contributed by atoms with E-state index in [9.17, 15) is 0 Å². The van der Waals surface area contributed by atoms with Gasteiger partial charge in [0.1, 0.15) is 17.0 Å². The predicted octanol–water partition coefficient (Wildman–Crippen LogP) is 12.7. The Balaban J connectivity index is 1.11. The second-order valence-corrected chi connectivity index (χ2v) is 13.8. The van der Waals surface area contributed by atoms with E-state index in [4.69, 9.17) is 19.4 Å². The molecular formula is C49H35N3O. The van der Waals surface area contributed by atoms with Crippen LogP contribution in [-0.2, 0) is 0 Å². The smallest absolute Gasteiger partial charge is 0.164 e. The van der Waals surface area contributed by atoms with Crippen LogP contribution in [0.4, 0.5) is 0 Å². The van der Waals surface area contributed by atoms with Crippen molar-refractivity contribution in [1.82, 2.24) is 15.0 Å². The summed E-state index contributed by atoms with van der Waals surface area (Å²) >= 11 is 0. The average molecular weight is 682 g/mol. The first-order valence-electron chi connectivity index (χ1n) is 18.3. The lowest BCUT2D eigenvalue weighted by Gasteiger charge is -2.18. The van der Waals surface area contributed by atoms with E-state index in [1.807, 2.05) is 12.1 Å². The zero-order chi connectivity index (χ0) is 35.1. The van der Waals surface area contributed by atoms with Crippen LogP contribution in [0.1, 0.15) is 41.9 Å². The standard InChI is InChI=1S/C49H35N3O/c1-4-13-32(14-5-1)33-23-25-36(26-24-33)48-50-47(35-17-8-3-9-18-35)51-49(52-48)42-21-12-22-45-46(42)43-31-37(27-30-44(43)53-45)39-29-28-38(34-15-6-2-7-16-34)40-19-10-11-20-41(39)40/h1-17,19-23,25-31,33,35H,18,24H2. The molecule has 6 aromatic carbocycles. The number of nitrogens with zero attached hydrogens (tertiary/aromatic N) is 3. The molecule has 2 aliphatic rings. The third-order valence-corrected chi connectivity index (χ3v) is 10.6. The molecule has 0 saturated carbocycles. The average Bonchev–Trinajstić information content (AvgIpc) is 3.62. The zero-order valence-corrected chi connectivity index (χ0v) is 29.1. The second-order valence-electron chi connectivity index (χ2n) is 13.8. The van der Waals surface area contributed by atoms with E-state index in [2.05, 4.69) is 164 Å². The first-order valence-corrected chi connectivity index (χ1v) is 18.3. The molecule has 2 aromatic heterocycles. The molecule has 0 N–H and O–H groups in total. The summed E-state index contributed by atoms with van der Waals surface area (Å²) in [4.78, 5) is 15.5. The molecule has 2 atom stereocenters. The summed E-state index contributed by atoms with van der Waals surface area (Å²) in [5.74, 6) is 2.54. The number of hydrogen-bond donors (Lipinski definition) is 0. The van der Waals surface area contributed by atoms with Gasteiger partial charge in [0, 0.05) is 33.7 Å². The molecule has 10 rings (SSSR count). The highest BCUT2D eigenvalue weighted by Crippen LogP contribution is 2.41. The fourth-order valence-corrected chi connectivity index (χ4v) is 7.91. The van der Waals surface area contributed by atoms with E-state index < -0.39 is 0 Å². The lowest BCUT2D eigenvalue weighted by molar-refractivity contribution is 0.669. The van der Waals surface area contributed by atoms with Crippen LogP contribution in [-0.4, -0.2) is 15.0 Å².